The van der Waals surface area contributed by atoms with Crippen LogP contribution < -0.4 is 10.4 Å². The van der Waals surface area contributed by atoms with Crippen molar-refractivity contribution in [3.05, 3.63) is 38.7 Å². The highest BCUT2D eigenvalue weighted by molar-refractivity contribution is 9.10. The molecule has 0 fully saturated rings. The molecule has 0 saturated carbocycles. The number of carbonyl (C=O) groups is 1. The highest BCUT2D eigenvalue weighted by atomic mass is 79.9. The van der Waals surface area contributed by atoms with E-state index in [1.807, 2.05) is 0 Å². The number of rotatable bonds is 3. The van der Waals surface area contributed by atoms with Gasteiger partial charge >= 0.3 is 11.6 Å². The first-order chi connectivity index (χ1) is 8.49. The Morgan fingerprint density at radius 3 is 2.89 bits per heavy atom. The Morgan fingerprint density at radius 2 is 2.22 bits per heavy atom. The molecule has 1 heterocycles. The van der Waals surface area contributed by atoms with Gasteiger partial charge in [0.2, 0.25) is 0 Å². The molecular weight excluding hydrogens is 304 g/mol. The van der Waals surface area contributed by atoms with Crippen molar-refractivity contribution in [2.45, 2.75) is 6.92 Å². The molecule has 6 heteroatoms. The van der Waals surface area contributed by atoms with E-state index in [9.17, 15) is 9.59 Å². The summed E-state index contributed by atoms with van der Waals surface area (Å²) in [6.45, 7) is 1.35. The van der Waals surface area contributed by atoms with Crippen molar-refractivity contribution in [3.8, 4) is 5.75 Å². The van der Waals surface area contributed by atoms with Crippen LogP contribution in [0.4, 0.5) is 0 Å². The quantitative estimate of drug-likeness (QED) is 0.880. The van der Waals surface area contributed by atoms with Crippen molar-refractivity contribution >= 4 is 32.9 Å². The van der Waals surface area contributed by atoms with E-state index in [2.05, 4.69) is 15.9 Å². The van der Waals surface area contributed by atoms with Gasteiger partial charge in [-0.05, 0) is 40.5 Å². The molecular formula is C12H9BrO5. The topological polar surface area (TPSA) is 76.7 Å². The number of hydrogen-bond donors (Lipinski definition) is 1. The second-order valence-electron chi connectivity index (χ2n) is 3.67. The lowest BCUT2D eigenvalue weighted by molar-refractivity contribution is -0.139. The van der Waals surface area contributed by atoms with Crippen molar-refractivity contribution in [1.29, 1.82) is 0 Å². The SMILES string of the molecule is Cc1c(Br)c(=O)oc2cc(OCC(=O)O)ccc12. The van der Waals surface area contributed by atoms with Crippen LogP contribution >= 0.6 is 15.9 Å². The van der Waals surface area contributed by atoms with Crippen LogP contribution in [0.25, 0.3) is 11.0 Å². The van der Waals surface area contributed by atoms with Crippen LogP contribution in [-0.2, 0) is 4.79 Å². The number of aliphatic carboxylic acids is 1. The predicted molar refractivity (Wildman–Crippen MR) is 68.1 cm³/mol. The Balaban J connectivity index is 2.49. The Morgan fingerprint density at radius 1 is 1.50 bits per heavy atom. The largest absolute Gasteiger partial charge is 0.482 e. The first kappa shape index (κ1) is 12.6. The number of halogens is 1. The van der Waals surface area contributed by atoms with Gasteiger partial charge in [0.15, 0.2) is 6.61 Å². The monoisotopic (exact) mass is 312 g/mol. The molecule has 0 spiro atoms. The number of ether oxygens (including phenoxy) is 1. The summed E-state index contributed by atoms with van der Waals surface area (Å²) in [5.74, 6) is -0.724. The summed E-state index contributed by atoms with van der Waals surface area (Å²) in [5, 5.41) is 9.28. The summed E-state index contributed by atoms with van der Waals surface area (Å²) in [4.78, 5) is 21.9. The molecule has 1 aromatic carbocycles. The number of fused-ring (bicyclic) bond motifs is 1. The molecule has 18 heavy (non-hydrogen) atoms. The van der Waals surface area contributed by atoms with Crippen LogP contribution in [0.2, 0.25) is 0 Å². The van der Waals surface area contributed by atoms with Gasteiger partial charge in [0.05, 0.1) is 0 Å². The Bertz CT molecular complexity index is 674. The molecule has 94 valence electrons. The van der Waals surface area contributed by atoms with E-state index >= 15 is 0 Å². The lowest BCUT2D eigenvalue weighted by Gasteiger charge is -2.06. The van der Waals surface area contributed by atoms with Crippen molar-refractivity contribution in [2.75, 3.05) is 6.61 Å². The summed E-state index contributed by atoms with van der Waals surface area (Å²) in [7, 11) is 0. The van der Waals surface area contributed by atoms with Crippen molar-refractivity contribution in [3.63, 3.8) is 0 Å². The van der Waals surface area contributed by atoms with Crippen LogP contribution in [0, 0.1) is 6.92 Å². The number of carboxylic acid groups (broad SMARTS) is 1. The maximum absolute atomic E-state index is 11.5. The van der Waals surface area contributed by atoms with Crippen molar-refractivity contribution in [1.82, 2.24) is 0 Å². The minimum atomic E-state index is -1.07. The van der Waals surface area contributed by atoms with E-state index in [1.54, 1.807) is 19.1 Å². The number of hydrogen-bond acceptors (Lipinski definition) is 4. The molecule has 1 N–H and O–H groups in total. The normalized spacial score (nSPS) is 10.6. The second-order valence-corrected chi connectivity index (χ2v) is 4.46. The molecule has 0 radical (unpaired) electrons. The second kappa shape index (κ2) is 4.81. The summed E-state index contributed by atoms with van der Waals surface area (Å²) in [5.41, 5.74) is 0.657. The molecule has 0 aliphatic carbocycles. The minimum Gasteiger partial charge on any atom is -0.482 e. The standard InChI is InChI=1S/C12H9BrO5/c1-6-8-3-2-7(17-5-10(14)15)4-9(8)18-12(16)11(6)13/h2-4H,5H2,1H3,(H,14,15). The molecule has 2 aromatic rings. The highest BCUT2D eigenvalue weighted by Crippen LogP contribution is 2.25. The van der Waals surface area contributed by atoms with Gasteiger partial charge in [-0.25, -0.2) is 9.59 Å². The van der Waals surface area contributed by atoms with Gasteiger partial charge < -0.3 is 14.3 Å². The molecule has 0 amide bonds. The smallest absolute Gasteiger partial charge is 0.350 e. The van der Waals surface area contributed by atoms with E-state index in [-0.39, 0.29) is 0 Å². The third-order valence-corrected chi connectivity index (χ3v) is 3.35. The van der Waals surface area contributed by atoms with Crippen LogP contribution in [0.15, 0.2) is 31.9 Å². The fourth-order valence-corrected chi connectivity index (χ4v) is 1.84. The van der Waals surface area contributed by atoms with Gasteiger partial charge in [0.1, 0.15) is 15.8 Å². The first-order valence-corrected chi connectivity index (χ1v) is 5.86. The molecule has 0 atom stereocenters. The zero-order valence-corrected chi connectivity index (χ0v) is 11.0. The average molecular weight is 313 g/mol. The lowest BCUT2D eigenvalue weighted by atomic mass is 10.1. The summed E-state index contributed by atoms with van der Waals surface area (Å²) in [6, 6.07) is 4.85. The van der Waals surface area contributed by atoms with E-state index in [0.29, 0.717) is 15.8 Å². The predicted octanol–water partition coefficient (Wildman–Crippen LogP) is 2.33. The molecule has 0 unspecified atom stereocenters. The molecule has 0 bridgehead atoms. The van der Waals surface area contributed by atoms with E-state index < -0.39 is 18.2 Å². The van der Waals surface area contributed by atoms with Gasteiger partial charge in [0.25, 0.3) is 0 Å². The highest BCUT2D eigenvalue weighted by Gasteiger charge is 2.09. The van der Waals surface area contributed by atoms with Crippen LogP contribution in [-0.4, -0.2) is 17.7 Å². The molecule has 0 aliphatic rings. The molecule has 1 aromatic heterocycles. The van der Waals surface area contributed by atoms with Gasteiger partial charge in [-0.1, -0.05) is 0 Å². The zero-order chi connectivity index (χ0) is 13.3. The fourth-order valence-electron chi connectivity index (χ4n) is 1.55. The summed E-state index contributed by atoms with van der Waals surface area (Å²) >= 11 is 3.15. The van der Waals surface area contributed by atoms with Crippen LogP contribution in [0.3, 0.4) is 0 Å². The molecule has 2 rings (SSSR count). The maximum Gasteiger partial charge on any atom is 0.350 e. The Kier molecular flexibility index (Phi) is 3.38. The maximum atomic E-state index is 11.5. The molecule has 0 aliphatic heterocycles. The third-order valence-electron chi connectivity index (χ3n) is 2.43. The Hall–Kier alpha value is -1.82. The third kappa shape index (κ3) is 2.38. The van der Waals surface area contributed by atoms with Crippen LogP contribution in [0.5, 0.6) is 5.75 Å². The van der Waals surface area contributed by atoms with Gasteiger partial charge in [0, 0.05) is 11.5 Å². The number of carboxylic acids is 1. The summed E-state index contributed by atoms with van der Waals surface area (Å²) in [6.07, 6.45) is 0. The van der Waals surface area contributed by atoms with Crippen molar-refractivity contribution < 1.29 is 19.1 Å². The summed E-state index contributed by atoms with van der Waals surface area (Å²) < 4.78 is 10.5. The van der Waals surface area contributed by atoms with E-state index in [1.165, 1.54) is 6.07 Å². The zero-order valence-electron chi connectivity index (χ0n) is 9.40. The Labute approximate surface area is 110 Å². The molecule has 5 nitrogen and oxygen atoms in total. The fraction of sp³-hybridized carbons (Fsp3) is 0.167. The van der Waals surface area contributed by atoms with Gasteiger partial charge in [-0.2, -0.15) is 0 Å². The van der Waals surface area contributed by atoms with E-state index in [4.69, 9.17) is 14.3 Å². The first-order valence-electron chi connectivity index (χ1n) is 5.06. The van der Waals surface area contributed by atoms with Gasteiger partial charge in [-0.15, -0.1) is 0 Å². The van der Waals surface area contributed by atoms with Gasteiger partial charge in [-0.3, -0.25) is 0 Å². The van der Waals surface area contributed by atoms with E-state index in [0.717, 1.165) is 10.9 Å². The number of aryl methyl sites for hydroxylation is 1. The van der Waals surface area contributed by atoms with Crippen LogP contribution in [0.1, 0.15) is 5.56 Å². The lowest BCUT2D eigenvalue weighted by Crippen LogP contribution is -2.09. The number of benzene rings is 1. The molecule has 0 saturated heterocycles. The average Bonchev–Trinajstić information content (AvgIpc) is 2.33. The van der Waals surface area contributed by atoms with Crippen molar-refractivity contribution in [2.24, 2.45) is 0 Å². The minimum absolute atomic E-state index is 0.342.